The highest BCUT2D eigenvalue weighted by atomic mass is 19.1. The standard InChI is InChI=1S/C23H26FN5O2/c1-14-8-19(24)18(22(31)27-16-4-5-16)10-17(14)15-9-20(29-7-6-25-13-29)21(26-11-15)28-23(2,3)12-30/h6-11,13,16,30H,4-5,12H2,1-3H3,(H,26,28)(H,27,31). The molecule has 0 bridgehead atoms. The third-order valence-electron chi connectivity index (χ3n) is 5.28. The molecule has 1 saturated carbocycles. The van der Waals surface area contributed by atoms with Crippen molar-refractivity contribution in [3.05, 3.63) is 60.1 Å². The zero-order valence-electron chi connectivity index (χ0n) is 17.8. The summed E-state index contributed by atoms with van der Waals surface area (Å²) in [5.41, 5.74) is 2.35. The Kier molecular flexibility index (Phi) is 5.49. The van der Waals surface area contributed by atoms with Crippen LogP contribution in [0, 0.1) is 12.7 Å². The summed E-state index contributed by atoms with van der Waals surface area (Å²) in [6.07, 6.45) is 8.66. The maximum atomic E-state index is 14.5. The SMILES string of the molecule is Cc1cc(F)c(C(=O)NC2CC2)cc1-c1cnc(NC(C)(C)CO)c(-n2ccnc2)c1. The van der Waals surface area contributed by atoms with Crippen LogP contribution < -0.4 is 10.6 Å². The molecule has 3 N–H and O–H groups in total. The van der Waals surface area contributed by atoms with Crippen LogP contribution in [0.1, 0.15) is 42.6 Å². The lowest BCUT2D eigenvalue weighted by Gasteiger charge is -2.26. The van der Waals surface area contributed by atoms with Gasteiger partial charge in [-0.25, -0.2) is 14.4 Å². The van der Waals surface area contributed by atoms with Gasteiger partial charge in [-0.15, -0.1) is 0 Å². The zero-order chi connectivity index (χ0) is 22.2. The fourth-order valence-corrected chi connectivity index (χ4v) is 3.30. The molecule has 0 aliphatic heterocycles. The zero-order valence-corrected chi connectivity index (χ0v) is 17.8. The number of hydrogen-bond acceptors (Lipinski definition) is 5. The van der Waals surface area contributed by atoms with E-state index in [1.54, 1.807) is 37.9 Å². The molecule has 8 heteroatoms. The second kappa shape index (κ2) is 8.11. The molecule has 3 aromatic rings. The van der Waals surface area contributed by atoms with Gasteiger partial charge < -0.3 is 20.3 Å². The summed E-state index contributed by atoms with van der Waals surface area (Å²) in [5, 5.41) is 15.7. The Balaban J connectivity index is 1.77. The molecule has 0 atom stereocenters. The van der Waals surface area contributed by atoms with E-state index in [1.165, 1.54) is 6.07 Å². The van der Waals surface area contributed by atoms with Gasteiger partial charge in [0.1, 0.15) is 5.82 Å². The van der Waals surface area contributed by atoms with E-state index < -0.39 is 17.3 Å². The third kappa shape index (κ3) is 4.59. The van der Waals surface area contributed by atoms with Gasteiger partial charge in [-0.1, -0.05) is 0 Å². The van der Waals surface area contributed by atoms with Crippen LogP contribution in [-0.4, -0.2) is 43.7 Å². The van der Waals surface area contributed by atoms with Crippen molar-refractivity contribution in [1.82, 2.24) is 19.9 Å². The molecule has 0 spiro atoms. The lowest BCUT2D eigenvalue weighted by molar-refractivity contribution is 0.0947. The van der Waals surface area contributed by atoms with Gasteiger partial charge >= 0.3 is 0 Å². The number of aryl methyl sites for hydroxylation is 1. The van der Waals surface area contributed by atoms with Crippen LogP contribution in [0.5, 0.6) is 0 Å². The largest absolute Gasteiger partial charge is 0.394 e. The van der Waals surface area contributed by atoms with E-state index in [2.05, 4.69) is 20.6 Å². The molecule has 0 unspecified atom stereocenters. The number of nitrogens with zero attached hydrogens (tertiary/aromatic N) is 3. The highest BCUT2D eigenvalue weighted by Gasteiger charge is 2.26. The summed E-state index contributed by atoms with van der Waals surface area (Å²) >= 11 is 0. The molecule has 4 rings (SSSR count). The Morgan fingerprint density at radius 1 is 1.32 bits per heavy atom. The molecule has 0 radical (unpaired) electrons. The van der Waals surface area contributed by atoms with Crippen molar-refractivity contribution in [3.8, 4) is 16.8 Å². The highest BCUT2D eigenvalue weighted by Crippen LogP contribution is 2.31. The van der Waals surface area contributed by atoms with Gasteiger partial charge in [0.2, 0.25) is 0 Å². The Hall–Kier alpha value is -3.26. The minimum Gasteiger partial charge on any atom is -0.394 e. The lowest BCUT2D eigenvalue weighted by Crippen LogP contribution is -2.35. The van der Waals surface area contributed by atoms with Gasteiger partial charge in [-0.2, -0.15) is 0 Å². The van der Waals surface area contributed by atoms with Crippen molar-refractivity contribution in [2.45, 2.75) is 45.2 Å². The Labute approximate surface area is 180 Å². The number of hydrogen-bond donors (Lipinski definition) is 3. The average molecular weight is 423 g/mol. The fourth-order valence-electron chi connectivity index (χ4n) is 3.30. The molecule has 1 aromatic carbocycles. The topological polar surface area (TPSA) is 92.1 Å². The molecular weight excluding hydrogens is 397 g/mol. The minimum absolute atomic E-state index is 0.0281. The Morgan fingerprint density at radius 3 is 2.74 bits per heavy atom. The number of carbonyl (C=O) groups excluding carboxylic acids is 1. The summed E-state index contributed by atoms with van der Waals surface area (Å²) in [5.74, 6) is -0.357. The van der Waals surface area contributed by atoms with Gasteiger partial charge in [0, 0.05) is 30.2 Å². The molecular formula is C23H26FN5O2. The van der Waals surface area contributed by atoms with Gasteiger partial charge in [0.05, 0.1) is 29.7 Å². The molecule has 1 aliphatic rings. The number of anilines is 1. The highest BCUT2D eigenvalue weighted by molar-refractivity contribution is 5.96. The maximum absolute atomic E-state index is 14.5. The Morgan fingerprint density at radius 2 is 2.10 bits per heavy atom. The number of aromatic nitrogens is 3. The number of rotatable bonds is 7. The first-order chi connectivity index (χ1) is 14.8. The predicted octanol–water partition coefficient (Wildman–Crippen LogP) is 3.46. The van der Waals surface area contributed by atoms with Crippen LogP contribution in [0.25, 0.3) is 16.8 Å². The van der Waals surface area contributed by atoms with Crippen molar-refractivity contribution in [2.24, 2.45) is 0 Å². The fraction of sp³-hybridized carbons (Fsp3) is 0.348. The summed E-state index contributed by atoms with van der Waals surface area (Å²) in [4.78, 5) is 21.2. The predicted molar refractivity (Wildman–Crippen MR) is 117 cm³/mol. The molecule has 1 amide bonds. The number of aliphatic hydroxyl groups excluding tert-OH is 1. The minimum atomic E-state index is -0.580. The van der Waals surface area contributed by atoms with E-state index in [9.17, 15) is 14.3 Å². The van der Waals surface area contributed by atoms with Gasteiger partial charge in [0.25, 0.3) is 5.91 Å². The van der Waals surface area contributed by atoms with Crippen molar-refractivity contribution < 1.29 is 14.3 Å². The number of benzene rings is 1. The van der Waals surface area contributed by atoms with E-state index in [0.717, 1.165) is 29.7 Å². The smallest absolute Gasteiger partial charge is 0.254 e. The van der Waals surface area contributed by atoms with E-state index in [0.29, 0.717) is 11.4 Å². The second-order valence-electron chi connectivity index (χ2n) is 8.62. The van der Waals surface area contributed by atoms with Crippen LogP contribution in [0.4, 0.5) is 10.2 Å². The summed E-state index contributed by atoms with van der Waals surface area (Å²) in [6.45, 7) is 5.47. The third-order valence-corrected chi connectivity index (χ3v) is 5.28. The molecule has 2 aromatic heterocycles. The number of carbonyl (C=O) groups is 1. The van der Waals surface area contributed by atoms with E-state index in [4.69, 9.17) is 0 Å². The normalized spacial score (nSPS) is 13.8. The number of halogens is 1. The monoisotopic (exact) mass is 423 g/mol. The quantitative estimate of drug-likeness (QED) is 0.541. The second-order valence-corrected chi connectivity index (χ2v) is 8.62. The summed E-state index contributed by atoms with van der Waals surface area (Å²) in [6, 6.07) is 5.02. The number of pyridine rings is 1. The molecule has 7 nitrogen and oxygen atoms in total. The molecule has 1 fully saturated rings. The van der Waals surface area contributed by atoms with Crippen molar-refractivity contribution in [1.29, 1.82) is 0 Å². The van der Waals surface area contributed by atoms with Gasteiger partial charge in [-0.05, 0) is 62.9 Å². The van der Waals surface area contributed by atoms with E-state index in [1.807, 2.05) is 24.5 Å². The van der Waals surface area contributed by atoms with Gasteiger partial charge in [-0.3, -0.25) is 4.79 Å². The van der Waals surface area contributed by atoms with Crippen molar-refractivity contribution >= 4 is 11.7 Å². The number of aliphatic hydroxyl groups is 1. The first kappa shape index (κ1) is 21.0. The van der Waals surface area contributed by atoms with E-state index in [-0.39, 0.29) is 18.2 Å². The van der Waals surface area contributed by atoms with Crippen LogP contribution in [0.2, 0.25) is 0 Å². The molecule has 31 heavy (non-hydrogen) atoms. The number of amides is 1. The van der Waals surface area contributed by atoms with Crippen LogP contribution in [0.3, 0.4) is 0 Å². The summed E-state index contributed by atoms with van der Waals surface area (Å²) in [7, 11) is 0. The average Bonchev–Trinajstić information content (AvgIpc) is 3.37. The van der Waals surface area contributed by atoms with Crippen LogP contribution in [0.15, 0.2) is 43.1 Å². The van der Waals surface area contributed by atoms with Crippen molar-refractivity contribution in [3.63, 3.8) is 0 Å². The first-order valence-electron chi connectivity index (χ1n) is 10.3. The first-order valence-corrected chi connectivity index (χ1v) is 10.3. The van der Waals surface area contributed by atoms with Crippen LogP contribution >= 0.6 is 0 Å². The lowest BCUT2D eigenvalue weighted by atomic mass is 9.98. The summed E-state index contributed by atoms with van der Waals surface area (Å²) < 4.78 is 16.3. The van der Waals surface area contributed by atoms with Gasteiger partial charge in [0.15, 0.2) is 5.82 Å². The molecule has 162 valence electrons. The molecule has 2 heterocycles. The van der Waals surface area contributed by atoms with Crippen LogP contribution in [-0.2, 0) is 0 Å². The number of imidazole rings is 1. The molecule has 0 saturated heterocycles. The Bertz CT molecular complexity index is 1110. The maximum Gasteiger partial charge on any atom is 0.254 e. The number of nitrogens with one attached hydrogen (secondary N) is 2. The molecule has 1 aliphatic carbocycles. The van der Waals surface area contributed by atoms with E-state index >= 15 is 0 Å². The van der Waals surface area contributed by atoms with Crippen molar-refractivity contribution in [2.75, 3.05) is 11.9 Å².